The molecule has 3 aromatic rings. The van der Waals surface area contributed by atoms with Crippen molar-refractivity contribution in [2.75, 3.05) is 20.1 Å². The second-order valence-corrected chi connectivity index (χ2v) is 13.6. The van der Waals surface area contributed by atoms with Gasteiger partial charge in [-0.2, -0.15) is 0 Å². The van der Waals surface area contributed by atoms with E-state index < -0.39 is 35.5 Å². The zero-order valence-corrected chi connectivity index (χ0v) is 26.1. The van der Waals surface area contributed by atoms with Gasteiger partial charge in [0.25, 0.3) is 11.8 Å². The summed E-state index contributed by atoms with van der Waals surface area (Å²) in [5, 5.41) is 16.2. The van der Waals surface area contributed by atoms with Gasteiger partial charge in [-0.3, -0.25) is 28.9 Å². The van der Waals surface area contributed by atoms with E-state index in [9.17, 15) is 19.5 Å². The van der Waals surface area contributed by atoms with Crippen LogP contribution in [-0.4, -0.2) is 92.0 Å². The number of likely N-dealkylation sites (N-methyl/N-ethyl adjacent to an activating group) is 1. The summed E-state index contributed by atoms with van der Waals surface area (Å²) in [6, 6.07) is 14.3. The first kappa shape index (κ1) is 28.5. The molecule has 234 valence electrons. The topological polar surface area (TPSA) is 107 Å². The fraction of sp³-hybridized carbons (Fsp3) is 0.457. The molecule has 10 nitrogen and oxygen atoms in total. The molecule has 6 atom stereocenters. The van der Waals surface area contributed by atoms with Crippen LogP contribution >= 0.6 is 0 Å². The van der Waals surface area contributed by atoms with Crippen LogP contribution in [0.2, 0.25) is 0 Å². The average Bonchev–Trinajstić information content (AvgIpc) is 3.67. The Morgan fingerprint density at radius 1 is 1.11 bits per heavy atom. The number of hydrogen-bond donors (Lipinski definition) is 2. The summed E-state index contributed by atoms with van der Waals surface area (Å²) in [4.78, 5) is 47.1. The second kappa shape index (κ2) is 9.75. The first-order chi connectivity index (χ1) is 21.5. The van der Waals surface area contributed by atoms with Gasteiger partial charge in [0, 0.05) is 49.2 Å². The highest BCUT2D eigenvalue weighted by Crippen LogP contribution is 2.46. The molecule has 3 saturated heterocycles. The number of amides is 3. The van der Waals surface area contributed by atoms with Crippen LogP contribution in [-0.2, 0) is 39.0 Å². The van der Waals surface area contributed by atoms with Crippen molar-refractivity contribution in [3.8, 4) is 0 Å². The molecule has 5 aliphatic rings. The molecule has 1 aromatic heterocycles. The first-order valence-electron chi connectivity index (χ1n) is 15.9. The van der Waals surface area contributed by atoms with Gasteiger partial charge in [0.15, 0.2) is 0 Å². The number of piperazine rings is 1. The smallest absolute Gasteiger partial charge is 0.280 e. The summed E-state index contributed by atoms with van der Waals surface area (Å²) in [6.45, 7) is 4.62. The molecule has 10 heteroatoms. The van der Waals surface area contributed by atoms with Crippen molar-refractivity contribution in [3.05, 3.63) is 77.0 Å². The molecule has 2 aromatic carbocycles. The van der Waals surface area contributed by atoms with Gasteiger partial charge in [-0.25, -0.2) is 0 Å². The molecule has 0 radical (unpaired) electrons. The van der Waals surface area contributed by atoms with Gasteiger partial charge in [0.2, 0.25) is 17.5 Å². The summed E-state index contributed by atoms with van der Waals surface area (Å²) in [7, 11) is 4.13. The molecule has 3 amide bonds. The summed E-state index contributed by atoms with van der Waals surface area (Å²) >= 11 is 0. The predicted molar refractivity (Wildman–Crippen MR) is 167 cm³/mol. The van der Waals surface area contributed by atoms with Gasteiger partial charge in [0.1, 0.15) is 12.1 Å². The van der Waals surface area contributed by atoms with Gasteiger partial charge in [0.05, 0.1) is 5.92 Å². The van der Waals surface area contributed by atoms with Crippen molar-refractivity contribution in [2.24, 2.45) is 13.0 Å². The third-order valence-electron chi connectivity index (χ3n) is 11.0. The Bertz CT molecular complexity index is 1800. The molecule has 2 N–H and O–H groups in total. The molecule has 0 bridgehead atoms. The molecule has 8 rings (SSSR count). The van der Waals surface area contributed by atoms with Crippen molar-refractivity contribution in [1.82, 2.24) is 24.6 Å². The number of aromatic nitrogens is 1. The standard InChI is InChI=1S/C35H39N5O5/c1-20-24-18-27-25(23-12-8-13-26(30(23)24)38(20)4)17-22(19-37(27)3)31(41)36-34(2)33(43)40-28(16-21-10-6-5-7-11-21)32(42)39-15-9-14-29(39)35(40,44)45-34/h5-8,10-13,17,22,27-29,44H,9,14-16,18-19H2,1-4H3,(H,36,41)/t22-,27-,28+,29+,34-,35+/m1/s1. The highest BCUT2D eigenvalue weighted by Gasteiger charge is 2.70. The lowest BCUT2D eigenvalue weighted by Crippen LogP contribution is -2.71. The van der Waals surface area contributed by atoms with E-state index in [1.165, 1.54) is 34.0 Å². The van der Waals surface area contributed by atoms with E-state index in [0.29, 0.717) is 25.9 Å². The number of fused-ring (bicyclic) bond motifs is 5. The molecule has 0 unspecified atom stereocenters. The Balaban J connectivity index is 1.12. The monoisotopic (exact) mass is 609 g/mol. The third-order valence-corrected chi connectivity index (χ3v) is 11.0. The van der Waals surface area contributed by atoms with Gasteiger partial charge in [-0.15, -0.1) is 0 Å². The number of carbonyl (C=O) groups is 3. The van der Waals surface area contributed by atoms with Crippen LogP contribution in [0.5, 0.6) is 0 Å². The Morgan fingerprint density at radius 3 is 2.67 bits per heavy atom. The molecule has 3 fully saturated rings. The van der Waals surface area contributed by atoms with Gasteiger partial charge in [-0.1, -0.05) is 48.5 Å². The van der Waals surface area contributed by atoms with Crippen molar-refractivity contribution >= 4 is 34.2 Å². The van der Waals surface area contributed by atoms with E-state index in [4.69, 9.17) is 4.74 Å². The fourth-order valence-electron chi connectivity index (χ4n) is 8.64. The van der Waals surface area contributed by atoms with Crippen LogP contribution in [0, 0.1) is 12.8 Å². The second-order valence-electron chi connectivity index (χ2n) is 13.6. The summed E-state index contributed by atoms with van der Waals surface area (Å²) < 4.78 is 8.49. The highest BCUT2D eigenvalue weighted by molar-refractivity contribution is 6.01. The maximum Gasteiger partial charge on any atom is 0.280 e. The van der Waals surface area contributed by atoms with Crippen molar-refractivity contribution in [3.63, 3.8) is 0 Å². The number of nitrogens with zero attached hydrogens (tertiary/aromatic N) is 4. The molecule has 4 aliphatic heterocycles. The minimum Gasteiger partial charge on any atom is -0.348 e. The Morgan fingerprint density at radius 2 is 1.89 bits per heavy atom. The number of hydrogen-bond acceptors (Lipinski definition) is 6. The number of aliphatic hydroxyl groups is 1. The first-order valence-corrected chi connectivity index (χ1v) is 15.9. The molecule has 45 heavy (non-hydrogen) atoms. The molecule has 0 spiro atoms. The minimum absolute atomic E-state index is 0.140. The SMILES string of the molecule is Cc1c2c3c(cccc3n1C)C1=C[C@@H](C(=O)N[C@]3(C)O[C@@]4(O)[C@@H]5CCCN5C(=O)[C@H](Cc5ccccc5)N4C3=O)CN(C)[C@@H]1C2. The van der Waals surface area contributed by atoms with E-state index in [2.05, 4.69) is 47.0 Å². The van der Waals surface area contributed by atoms with E-state index in [1.54, 1.807) is 4.90 Å². The third kappa shape index (κ3) is 3.95. The van der Waals surface area contributed by atoms with E-state index in [1.807, 2.05) is 43.5 Å². The number of rotatable bonds is 4. The number of ether oxygens (including phenoxy) is 1. The summed E-state index contributed by atoms with van der Waals surface area (Å²) in [5.74, 6) is -3.77. The van der Waals surface area contributed by atoms with Crippen LogP contribution in [0.25, 0.3) is 16.5 Å². The van der Waals surface area contributed by atoms with Gasteiger partial charge in [-0.05, 0) is 68.5 Å². The summed E-state index contributed by atoms with van der Waals surface area (Å²) in [6.07, 6.45) is 4.35. The predicted octanol–water partition coefficient (Wildman–Crippen LogP) is 2.31. The largest absolute Gasteiger partial charge is 0.348 e. The van der Waals surface area contributed by atoms with E-state index >= 15 is 0 Å². The summed E-state index contributed by atoms with van der Waals surface area (Å²) in [5.41, 5.74) is 5.06. The average molecular weight is 610 g/mol. The van der Waals surface area contributed by atoms with Crippen LogP contribution in [0.1, 0.15) is 42.1 Å². The number of benzene rings is 2. The quantitative estimate of drug-likeness (QED) is 0.471. The van der Waals surface area contributed by atoms with Crippen LogP contribution in [0.3, 0.4) is 0 Å². The number of aryl methyl sites for hydroxylation is 1. The van der Waals surface area contributed by atoms with Crippen molar-refractivity contribution < 1.29 is 24.2 Å². The Hall–Kier alpha value is -3.99. The molecule has 0 saturated carbocycles. The fourth-order valence-corrected chi connectivity index (χ4v) is 8.64. The lowest BCUT2D eigenvalue weighted by atomic mass is 9.79. The van der Waals surface area contributed by atoms with Gasteiger partial charge < -0.3 is 19.9 Å². The molecular formula is C35H39N5O5. The molecular weight excluding hydrogens is 570 g/mol. The van der Waals surface area contributed by atoms with Crippen LogP contribution in [0.15, 0.2) is 54.6 Å². The van der Waals surface area contributed by atoms with Crippen LogP contribution in [0.4, 0.5) is 0 Å². The normalized spacial score (nSPS) is 32.4. The Kier molecular flexibility index (Phi) is 6.17. The number of carbonyl (C=O) groups excluding carboxylic acids is 3. The maximum absolute atomic E-state index is 14.2. The lowest BCUT2D eigenvalue weighted by molar-refractivity contribution is -0.315. The van der Waals surface area contributed by atoms with Crippen LogP contribution < -0.4 is 5.32 Å². The van der Waals surface area contributed by atoms with Crippen molar-refractivity contribution in [1.29, 1.82) is 0 Å². The Labute approximate surface area is 262 Å². The van der Waals surface area contributed by atoms with E-state index in [-0.39, 0.29) is 24.3 Å². The maximum atomic E-state index is 14.2. The zero-order chi connectivity index (χ0) is 31.4. The van der Waals surface area contributed by atoms with E-state index in [0.717, 1.165) is 23.1 Å². The van der Waals surface area contributed by atoms with Gasteiger partial charge >= 0.3 is 0 Å². The highest BCUT2D eigenvalue weighted by atomic mass is 16.7. The van der Waals surface area contributed by atoms with Crippen molar-refractivity contribution in [2.45, 2.75) is 69.3 Å². The molecule has 5 heterocycles. The minimum atomic E-state index is -2.05. The zero-order valence-electron chi connectivity index (χ0n) is 26.1. The molecule has 1 aliphatic carbocycles. The number of nitrogens with one attached hydrogen (secondary N) is 1. The lowest BCUT2D eigenvalue weighted by Gasteiger charge is -2.48.